The van der Waals surface area contributed by atoms with Crippen LogP contribution in [0.25, 0.3) is 0 Å². The van der Waals surface area contributed by atoms with Crippen molar-refractivity contribution in [3.63, 3.8) is 0 Å². The molecule has 32 heavy (non-hydrogen) atoms. The molecule has 1 aromatic heterocycles. The fourth-order valence-corrected chi connectivity index (χ4v) is 5.24. The summed E-state index contributed by atoms with van der Waals surface area (Å²) in [5.74, 6) is 0.0942. The number of sulfone groups is 1. The number of aromatic nitrogens is 1. The number of H-pyrrole nitrogens is 1. The number of hydrogen-bond donors (Lipinski definition) is 1. The summed E-state index contributed by atoms with van der Waals surface area (Å²) < 4.78 is 60.7. The lowest BCUT2D eigenvalue weighted by atomic mass is 10.3. The van der Waals surface area contributed by atoms with Crippen molar-refractivity contribution in [3.05, 3.63) is 42.2 Å². The molecule has 2 heterocycles. The van der Waals surface area contributed by atoms with E-state index in [4.69, 9.17) is 9.47 Å². The number of carbonyl (C=O) groups is 1. The lowest BCUT2D eigenvalue weighted by molar-refractivity contribution is 0.0730. The average Bonchev–Trinajstić information content (AvgIpc) is 3.27. The van der Waals surface area contributed by atoms with E-state index in [2.05, 4.69) is 4.98 Å². The third-order valence-electron chi connectivity index (χ3n) is 4.98. The normalized spacial score (nSPS) is 15.4. The van der Waals surface area contributed by atoms with Crippen molar-refractivity contribution >= 4 is 25.8 Å². The minimum atomic E-state index is -3.68. The number of ether oxygens (including phenoxy) is 2. The Morgan fingerprint density at radius 2 is 1.88 bits per heavy atom. The summed E-state index contributed by atoms with van der Waals surface area (Å²) in [4.78, 5) is 17.1. The van der Waals surface area contributed by atoms with Gasteiger partial charge in [0.05, 0.1) is 24.7 Å². The first-order valence-corrected chi connectivity index (χ1v) is 13.4. The zero-order valence-corrected chi connectivity index (χ0v) is 19.6. The molecule has 1 amide bonds. The zero-order chi connectivity index (χ0) is 23.4. The number of sulfonamides is 1. The number of nitrogens with one attached hydrogen (secondary N) is 1. The first kappa shape index (κ1) is 24.2. The number of rotatable bonds is 9. The first-order chi connectivity index (χ1) is 15.1. The highest BCUT2D eigenvalue weighted by molar-refractivity contribution is 7.90. The van der Waals surface area contributed by atoms with Crippen LogP contribution in [0.2, 0.25) is 0 Å². The molecule has 176 valence electrons. The standard InChI is InChI=1S/C20H27N3O7S2/c1-22(7-4-10-30-16-5-3-6-17(13-16)31(2,25)26)20(24)19-14-18(15-21-19)32(27,28)23-8-11-29-12-9-23/h3,5-6,13-15,21H,4,7-12H2,1-2H3. The Labute approximate surface area is 188 Å². The third-order valence-corrected chi connectivity index (χ3v) is 7.97. The van der Waals surface area contributed by atoms with Crippen LogP contribution in [0.4, 0.5) is 0 Å². The van der Waals surface area contributed by atoms with Gasteiger partial charge < -0.3 is 19.4 Å². The number of hydrogen-bond acceptors (Lipinski definition) is 7. The minimum Gasteiger partial charge on any atom is -0.493 e. The van der Waals surface area contributed by atoms with Crippen LogP contribution in [0, 0.1) is 0 Å². The van der Waals surface area contributed by atoms with Gasteiger partial charge in [-0.3, -0.25) is 4.79 Å². The molecule has 1 aliphatic rings. The molecule has 0 saturated carbocycles. The molecule has 0 unspecified atom stereocenters. The van der Waals surface area contributed by atoms with Crippen molar-refractivity contribution in [1.29, 1.82) is 0 Å². The molecular formula is C20H27N3O7S2. The highest BCUT2D eigenvalue weighted by Crippen LogP contribution is 2.19. The summed E-state index contributed by atoms with van der Waals surface area (Å²) in [5, 5.41) is 0. The largest absolute Gasteiger partial charge is 0.493 e. The number of aromatic amines is 1. The molecule has 1 fully saturated rings. The first-order valence-electron chi connectivity index (χ1n) is 10.0. The maximum atomic E-state index is 12.7. The minimum absolute atomic E-state index is 0.0465. The van der Waals surface area contributed by atoms with Crippen LogP contribution < -0.4 is 4.74 Å². The highest BCUT2D eigenvalue weighted by atomic mass is 32.2. The summed E-state index contributed by atoms with van der Waals surface area (Å²) in [5.41, 5.74) is 0.182. The second-order valence-corrected chi connectivity index (χ2v) is 11.4. The molecule has 1 aromatic carbocycles. The smallest absolute Gasteiger partial charge is 0.270 e. The van der Waals surface area contributed by atoms with Crippen LogP contribution in [0.3, 0.4) is 0 Å². The SMILES string of the molecule is CN(CCCOc1cccc(S(C)(=O)=O)c1)C(=O)c1cc(S(=O)(=O)N2CCOCC2)c[nH]1. The summed E-state index contributed by atoms with van der Waals surface area (Å²) >= 11 is 0. The van der Waals surface area contributed by atoms with Crippen LogP contribution in [0.1, 0.15) is 16.9 Å². The molecular weight excluding hydrogens is 458 g/mol. The van der Waals surface area contributed by atoms with E-state index in [1.54, 1.807) is 19.2 Å². The fourth-order valence-electron chi connectivity index (χ4n) is 3.18. The molecule has 1 saturated heterocycles. The molecule has 0 radical (unpaired) electrons. The van der Waals surface area contributed by atoms with E-state index in [9.17, 15) is 21.6 Å². The molecule has 1 N–H and O–H groups in total. The third kappa shape index (κ3) is 5.88. The van der Waals surface area contributed by atoms with E-state index in [0.29, 0.717) is 31.9 Å². The highest BCUT2D eigenvalue weighted by Gasteiger charge is 2.28. The number of amides is 1. The van der Waals surface area contributed by atoms with Crippen molar-refractivity contribution in [1.82, 2.24) is 14.2 Å². The van der Waals surface area contributed by atoms with Crippen molar-refractivity contribution in [3.8, 4) is 5.75 Å². The maximum Gasteiger partial charge on any atom is 0.270 e. The number of morpholine rings is 1. The Bertz CT molecular complexity index is 1150. The predicted octanol–water partition coefficient (Wildman–Crippen LogP) is 0.980. The molecule has 0 bridgehead atoms. The second-order valence-electron chi connectivity index (χ2n) is 7.44. The quantitative estimate of drug-likeness (QED) is 0.525. The summed E-state index contributed by atoms with van der Waals surface area (Å²) in [6, 6.07) is 7.57. The number of benzene rings is 1. The number of carbonyl (C=O) groups excluding carboxylic acids is 1. The summed E-state index contributed by atoms with van der Waals surface area (Å²) in [6.07, 6.45) is 2.96. The Hall–Kier alpha value is -2.41. The molecule has 2 aromatic rings. The van der Waals surface area contributed by atoms with Gasteiger partial charge in [0.2, 0.25) is 10.0 Å². The second kappa shape index (κ2) is 10.0. The van der Waals surface area contributed by atoms with Crippen molar-refractivity contribution < 1.29 is 31.1 Å². The topological polar surface area (TPSA) is 126 Å². The maximum absolute atomic E-state index is 12.7. The van der Waals surface area contributed by atoms with E-state index >= 15 is 0 Å². The fraction of sp³-hybridized carbons (Fsp3) is 0.450. The lowest BCUT2D eigenvalue weighted by Gasteiger charge is -2.25. The Kier molecular flexibility index (Phi) is 7.59. The van der Waals surface area contributed by atoms with Gasteiger partial charge in [0.1, 0.15) is 16.3 Å². The molecule has 12 heteroatoms. The van der Waals surface area contributed by atoms with Gasteiger partial charge in [0.15, 0.2) is 9.84 Å². The molecule has 1 aliphatic heterocycles. The molecule has 3 rings (SSSR count). The van der Waals surface area contributed by atoms with Gasteiger partial charge in [-0.05, 0) is 30.7 Å². The molecule has 10 nitrogen and oxygen atoms in total. The van der Waals surface area contributed by atoms with E-state index in [0.717, 1.165) is 6.26 Å². The van der Waals surface area contributed by atoms with E-state index in [1.807, 2.05) is 0 Å². The molecule has 0 atom stereocenters. The van der Waals surface area contributed by atoms with Crippen LogP contribution >= 0.6 is 0 Å². The van der Waals surface area contributed by atoms with Gasteiger partial charge >= 0.3 is 0 Å². The number of nitrogens with zero attached hydrogens (tertiary/aromatic N) is 2. The predicted molar refractivity (Wildman–Crippen MR) is 117 cm³/mol. The monoisotopic (exact) mass is 485 g/mol. The molecule has 0 aliphatic carbocycles. The molecule has 0 spiro atoms. The van der Waals surface area contributed by atoms with E-state index in [-0.39, 0.29) is 41.1 Å². The van der Waals surface area contributed by atoms with Crippen molar-refractivity contribution in [2.75, 3.05) is 52.8 Å². The Morgan fingerprint density at radius 1 is 1.16 bits per heavy atom. The van der Waals surface area contributed by atoms with Crippen LogP contribution in [-0.4, -0.2) is 89.7 Å². The van der Waals surface area contributed by atoms with E-state index in [1.165, 1.54) is 33.6 Å². The lowest BCUT2D eigenvalue weighted by Crippen LogP contribution is -2.40. The summed E-state index contributed by atoms with van der Waals surface area (Å²) in [7, 11) is -5.38. The van der Waals surface area contributed by atoms with Crippen LogP contribution in [-0.2, 0) is 24.6 Å². The average molecular weight is 486 g/mol. The van der Waals surface area contributed by atoms with Gasteiger partial charge in [-0.2, -0.15) is 4.31 Å². The van der Waals surface area contributed by atoms with Crippen molar-refractivity contribution in [2.24, 2.45) is 0 Å². The van der Waals surface area contributed by atoms with Gasteiger partial charge in [-0.15, -0.1) is 0 Å². The van der Waals surface area contributed by atoms with Gasteiger partial charge in [-0.25, -0.2) is 16.8 Å². The summed E-state index contributed by atoms with van der Waals surface area (Å²) in [6.45, 7) is 1.91. The zero-order valence-electron chi connectivity index (χ0n) is 18.0. The van der Waals surface area contributed by atoms with Gasteiger partial charge in [-0.1, -0.05) is 6.07 Å². The van der Waals surface area contributed by atoms with Crippen molar-refractivity contribution in [2.45, 2.75) is 16.2 Å². The van der Waals surface area contributed by atoms with Crippen LogP contribution in [0.5, 0.6) is 5.75 Å². The van der Waals surface area contributed by atoms with Gasteiger partial charge in [0.25, 0.3) is 5.91 Å². The Balaban J connectivity index is 1.52. The van der Waals surface area contributed by atoms with E-state index < -0.39 is 19.9 Å². The Morgan fingerprint density at radius 3 is 2.56 bits per heavy atom. The van der Waals surface area contributed by atoms with Crippen LogP contribution in [0.15, 0.2) is 46.3 Å². The van der Waals surface area contributed by atoms with Gasteiger partial charge in [0, 0.05) is 39.1 Å².